The summed E-state index contributed by atoms with van der Waals surface area (Å²) in [4.78, 5) is 7.04. The Morgan fingerprint density at radius 2 is 1.91 bits per heavy atom. The van der Waals surface area contributed by atoms with Gasteiger partial charge in [0.25, 0.3) is 0 Å². The Morgan fingerprint density at radius 3 is 2.65 bits per heavy atom. The van der Waals surface area contributed by atoms with E-state index in [-0.39, 0.29) is 5.66 Å². The van der Waals surface area contributed by atoms with Gasteiger partial charge in [-0.15, -0.1) is 0 Å². The van der Waals surface area contributed by atoms with E-state index in [0.29, 0.717) is 5.92 Å². The number of nitrogens with zero attached hydrogens (tertiary/aromatic N) is 3. The van der Waals surface area contributed by atoms with Crippen molar-refractivity contribution in [1.29, 1.82) is 0 Å². The number of rotatable bonds is 1. The standard InChI is InChI=1S/C19H22N4/c1-23-18(17-10-14-4-2-3-5-15(14)12-20-17)21-22-19(23)11-13-6-8-16(19)9-7-13/h2-5,10,12-13,16,22H,6-9,11H2,1H3/t13?,16?,19-/m1/s1. The summed E-state index contributed by atoms with van der Waals surface area (Å²) in [6.07, 6.45) is 8.62. The second kappa shape index (κ2) is 4.70. The van der Waals surface area contributed by atoms with Gasteiger partial charge in [-0.2, -0.15) is 5.10 Å². The van der Waals surface area contributed by atoms with E-state index < -0.39 is 0 Å². The van der Waals surface area contributed by atoms with Gasteiger partial charge in [0.05, 0.1) is 0 Å². The van der Waals surface area contributed by atoms with Crippen molar-refractivity contribution in [1.82, 2.24) is 15.3 Å². The Morgan fingerprint density at radius 1 is 1.13 bits per heavy atom. The fourth-order valence-electron chi connectivity index (χ4n) is 4.92. The topological polar surface area (TPSA) is 40.5 Å². The summed E-state index contributed by atoms with van der Waals surface area (Å²) >= 11 is 0. The van der Waals surface area contributed by atoms with Crippen molar-refractivity contribution in [2.75, 3.05) is 7.05 Å². The molecule has 3 aliphatic carbocycles. The van der Waals surface area contributed by atoms with Crippen molar-refractivity contribution < 1.29 is 0 Å². The van der Waals surface area contributed by atoms with E-state index in [1.54, 1.807) is 0 Å². The molecule has 1 aromatic carbocycles. The van der Waals surface area contributed by atoms with Crippen molar-refractivity contribution in [3.63, 3.8) is 0 Å². The zero-order valence-electron chi connectivity index (χ0n) is 13.5. The third kappa shape index (κ3) is 1.84. The highest BCUT2D eigenvalue weighted by molar-refractivity contribution is 6.01. The van der Waals surface area contributed by atoms with Crippen LogP contribution in [0, 0.1) is 11.8 Å². The van der Waals surface area contributed by atoms with Crippen LogP contribution in [0.4, 0.5) is 0 Å². The minimum absolute atomic E-state index is 0.0316. The third-order valence-electron chi connectivity index (χ3n) is 6.25. The molecule has 1 aliphatic heterocycles. The van der Waals surface area contributed by atoms with Crippen LogP contribution in [0.25, 0.3) is 10.8 Å². The van der Waals surface area contributed by atoms with Crippen LogP contribution in [-0.2, 0) is 0 Å². The maximum atomic E-state index is 4.72. The highest BCUT2D eigenvalue weighted by Crippen LogP contribution is 2.50. The maximum Gasteiger partial charge on any atom is 0.176 e. The van der Waals surface area contributed by atoms with Gasteiger partial charge in [0, 0.05) is 24.5 Å². The van der Waals surface area contributed by atoms with E-state index in [0.717, 1.165) is 17.4 Å². The zero-order chi connectivity index (χ0) is 15.4. The lowest BCUT2D eigenvalue weighted by Crippen LogP contribution is -2.62. The maximum absolute atomic E-state index is 4.72. The highest BCUT2D eigenvalue weighted by atomic mass is 15.6. The number of hydrogen-bond donors (Lipinski definition) is 1. The number of pyridine rings is 1. The van der Waals surface area contributed by atoms with E-state index >= 15 is 0 Å². The lowest BCUT2D eigenvalue weighted by Gasteiger charge is -2.52. The minimum atomic E-state index is 0.0316. The summed E-state index contributed by atoms with van der Waals surface area (Å²) in [6.45, 7) is 0. The number of hydrazone groups is 1. The van der Waals surface area contributed by atoms with Gasteiger partial charge >= 0.3 is 0 Å². The fourth-order valence-corrected chi connectivity index (χ4v) is 4.92. The van der Waals surface area contributed by atoms with Gasteiger partial charge in [-0.25, -0.2) is 0 Å². The lowest BCUT2D eigenvalue weighted by atomic mass is 9.64. The van der Waals surface area contributed by atoms with Crippen molar-refractivity contribution >= 4 is 16.6 Å². The van der Waals surface area contributed by atoms with E-state index in [9.17, 15) is 0 Å². The Balaban J connectivity index is 1.51. The molecule has 1 N–H and O–H groups in total. The molecule has 1 aromatic heterocycles. The first-order valence-electron chi connectivity index (χ1n) is 8.70. The van der Waals surface area contributed by atoms with Crippen molar-refractivity contribution in [3.8, 4) is 0 Å². The van der Waals surface area contributed by atoms with Crippen LogP contribution >= 0.6 is 0 Å². The molecule has 1 spiro atoms. The number of amidine groups is 1. The van der Waals surface area contributed by atoms with Gasteiger partial charge in [0.15, 0.2) is 5.84 Å². The Labute approximate surface area is 136 Å². The zero-order valence-corrected chi connectivity index (χ0v) is 13.5. The molecule has 0 saturated heterocycles. The number of aromatic nitrogens is 1. The fraction of sp³-hybridized carbons (Fsp3) is 0.474. The lowest BCUT2D eigenvalue weighted by molar-refractivity contribution is -0.0197. The number of benzene rings is 1. The Hall–Kier alpha value is -2.10. The smallest absolute Gasteiger partial charge is 0.176 e. The van der Waals surface area contributed by atoms with Crippen LogP contribution in [0.1, 0.15) is 37.8 Å². The number of hydrogen-bond acceptors (Lipinski definition) is 4. The van der Waals surface area contributed by atoms with Crippen molar-refractivity contribution in [2.24, 2.45) is 16.9 Å². The SMILES string of the molecule is CN1C(c2cc3ccccc3cn2)=NN[C@]12CC1CCC2CC1. The van der Waals surface area contributed by atoms with Crippen LogP contribution < -0.4 is 5.43 Å². The van der Waals surface area contributed by atoms with Crippen LogP contribution in [-0.4, -0.2) is 28.4 Å². The number of fused-ring (bicyclic) bond motifs is 3. The molecule has 0 unspecified atom stereocenters. The summed E-state index contributed by atoms with van der Waals surface area (Å²) in [6, 6.07) is 10.5. The summed E-state index contributed by atoms with van der Waals surface area (Å²) in [5, 5.41) is 7.12. The first kappa shape index (κ1) is 13.3. The highest BCUT2D eigenvalue weighted by Gasteiger charge is 2.53. The van der Waals surface area contributed by atoms with Crippen molar-refractivity contribution in [3.05, 3.63) is 42.2 Å². The second-order valence-electron chi connectivity index (χ2n) is 7.37. The van der Waals surface area contributed by atoms with Crippen LogP contribution in [0.2, 0.25) is 0 Å². The predicted octanol–water partition coefficient (Wildman–Crippen LogP) is 3.34. The molecule has 2 heterocycles. The average Bonchev–Trinajstić information content (AvgIpc) is 2.92. The predicted molar refractivity (Wildman–Crippen MR) is 92.0 cm³/mol. The van der Waals surface area contributed by atoms with Gasteiger partial charge in [0.2, 0.25) is 0 Å². The van der Waals surface area contributed by atoms with Crippen LogP contribution in [0.5, 0.6) is 0 Å². The monoisotopic (exact) mass is 306 g/mol. The first-order chi connectivity index (χ1) is 11.3. The molecule has 4 nitrogen and oxygen atoms in total. The van der Waals surface area contributed by atoms with Crippen LogP contribution in [0.15, 0.2) is 41.6 Å². The molecule has 0 radical (unpaired) electrons. The second-order valence-corrected chi connectivity index (χ2v) is 7.37. The van der Waals surface area contributed by atoms with Gasteiger partial charge in [0.1, 0.15) is 11.4 Å². The van der Waals surface area contributed by atoms with E-state index in [2.05, 4.69) is 52.7 Å². The quantitative estimate of drug-likeness (QED) is 0.878. The van der Waals surface area contributed by atoms with Crippen molar-refractivity contribution in [2.45, 2.75) is 37.8 Å². The normalized spacial score (nSPS) is 32.4. The summed E-state index contributed by atoms with van der Waals surface area (Å²) in [5.41, 5.74) is 4.52. The molecule has 2 aromatic rings. The summed E-state index contributed by atoms with van der Waals surface area (Å²) < 4.78 is 0. The molecule has 23 heavy (non-hydrogen) atoms. The van der Waals surface area contributed by atoms with Crippen LogP contribution in [0.3, 0.4) is 0 Å². The Kier molecular flexibility index (Phi) is 2.73. The first-order valence-corrected chi connectivity index (χ1v) is 8.70. The minimum Gasteiger partial charge on any atom is -0.332 e. The number of nitrogens with one attached hydrogen (secondary N) is 1. The molecular weight excluding hydrogens is 284 g/mol. The largest absolute Gasteiger partial charge is 0.332 e. The Bertz CT molecular complexity index is 791. The molecule has 6 rings (SSSR count). The molecule has 0 amide bonds. The van der Waals surface area contributed by atoms with Gasteiger partial charge in [-0.05, 0) is 49.5 Å². The molecule has 4 heteroatoms. The molecule has 1 atom stereocenters. The molecular formula is C19H22N4. The molecule has 118 valence electrons. The van der Waals surface area contributed by atoms with Gasteiger partial charge in [-0.3, -0.25) is 10.4 Å². The van der Waals surface area contributed by atoms with Gasteiger partial charge < -0.3 is 4.90 Å². The molecule has 2 bridgehead atoms. The van der Waals surface area contributed by atoms with E-state index in [4.69, 9.17) is 5.10 Å². The van der Waals surface area contributed by atoms with E-state index in [1.165, 1.54) is 42.9 Å². The summed E-state index contributed by atoms with van der Waals surface area (Å²) in [5.74, 6) is 2.55. The summed E-state index contributed by atoms with van der Waals surface area (Å²) in [7, 11) is 2.19. The third-order valence-corrected chi connectivity index (χ3v) is 6.25. The van der Waals surface area contributed by atoms with Gasteiger partial charge in [-0.1, -0.05) is 24.3 Å². The molecule has 3 saturated carbocycles. The molecule has 3 fully saturated rings. The average molecular weight is 306 g/mol. The molecule has 4 aliphatic rings. The van der Waals surface area contributed by atoms with E-state index in [1.807, 2.05) is 6.20 Å².